The first-order valence-corrected chi connectivity index (χ1v) is 32.8. The molecule has 0 unspecified atom stereocenters. The smallest absolute Gasteiger partial charge is 0.200 e. The van der Waals surface area contributed by atoms with Crippen LogP contribution in [0.5, 0.6) is 69.0 Å². The first-order valence-electron chi connectivity index (χ1n) is 27.5. The van der Waals surface area contributed by atoms with Crippen molar-refractivity contribution in [3.8, 4) is 69.0 Å². The highest BCUT2D eigenvalue weighted by Gasteiger charge is 2.63. The van der Waals surface area contributed by atoms with Gasteiger partial charge in [0.15, 0.2) is 69.0 Å². The van der Waals surface area contributed by atoms with Crippen LogP contribution in [0.2, 0.25) is 0 Å². The zero-order chi connectivity index (χ0) is 53.1. The highest BCUT2D eigenvalue weighted by Crippen LogP contribution is 2.67. The summed E-state index contributed by atoms with van der Waals surface area (Å²) >= 11 is 6.80. The lowest BCUT2D eigenvalue weighted by Crippen LogP contribution is -2.72. The van der Waals surface area contributed by atoms with Gasteiger partial charge in [-0.1, -0.05) is 0 Å². The van der Waals surface area contributed by atoms with Gasteiger partial charge < -0.3 is 56.8 Å². The van der Waals surface area contributed by atoms with Gasteiger partial charge in [0, 0.05) is 63.8 Å². The number of rotatable bonds is 24. The van der Waals surface area contributed by atoms with E-state index in [0.29, 0.717) is 125 Å². The molecule has 0 saturated heterocycles. The SMILES string of the molecule is CCOc1c(OCC)c2sc3c(OCC)c(OCC)c4sc5c(OCC)c(OCC)c6c7c(c1[Si]61c6c(OCC)c(OCC)c8sc9c(OCC)c(OCC)c%10sc%11c(OCC)c(OCC)c1c1c6c8c9c%10c%111)c2c3c4c57. The van der Waals surface area contributed by atoms with Gasteiger partial charge in [0.1, 0.15) is 0 Å². The number of hydrogen-bond acceptors (Lipinski definition) is 16. The Labute approximate surface area is 461 Å². The van der Waals surface area contributed by atoms with E-state index < -0.39 is 8.07 Å². The number of hydrogen-bond donors (Lipinski definition) is 0. The van der Waals surface area contributed by atoms with Crippen LogP contribution in [0.4, 0.5) is 0 Å². The summed E-state index contributed by atoms with van der Waals surface area (Å²) in [4.78, 5) is 0. The van der Waals surface area contributed by atoms with Gasteiger partial charge in [-0.25, -0.2) is 0 Å². The van der Waals surface area contributed by atoms with Crippen molar-refractivity contribution in [3.63, 3.8) is 0 Å². The maximum Gasteiger partial charge on any atom is 0.200 e. The van der Waals surface area contributed by atoms with Crippen LogP contribution in [0.1, 0.15) is 83.1 Å². The first-order chi connectivity index (χ1) is 37.8. The molecule has 0 bridgehead atoms. The normalized spacial score (nSPS) is 13.7. The zero-order valence-electron chi connectivity index (χ0n) is 45.5. The zero-order valence-corrected chi connectivity index (χ0v) is 49.8. The minimum absolute atomic E-state index is 0.374. The Morgan fingerprint density at radius 3 is 0.481 bits per heavy atom. The van der Waals surface area contributed by atoms with Crippen molar-refractivity contribution in [2.24, 2.45) is 0 Å². The van der Waals surface area contributed by atoms with Crippen molar-refractivity contribution in [2.75, 3.05) is 79.3 Å². The van der Waals surface area contributed by atoms with Gasteiger partial charge in [-0.3, -0.25) is 0 Å². The fraction of sp³-hybridized carbons (Fsp3) is 0.400. The number of benzene rings is 8. The molecule has 0 fully saturated rings. The molecule has 400 valence electrons. The Balaban J connectivity index is 1.37. The van der Waals surface area contributed by atoms with Gasteiger partial charge in [0.05, 0.1) is 117 Å². The summed E-state index contributed by atoms with van der Waals surface area (Å²) in [6.07, 6.45) is 0. The van der Waals surface area contributed by atoms with Crippen molar-refractivity contribution in [2.45, 2.75) is 83.1 Å². The summed E-state index contributed by atoms with van der Waals surface area (Å²) in [6, 6.07) is 0. The lowest BCUT2D eigenvalue weighted by molar-refractivity contribution is 0.291. The predicted molar refractivity (Wildman–Crippen MR) is 323 cm³/mol. The monoisotopic (exact) mass is 1130 g/mol. The molecule has 0 amide bonds. The number of ether oxygens (including phenoxy) is 12. The largest absolute Gasteiger partial charge is 0.490 e. The van der Waals surface area contributed by atoms with Crippen LogP contribution in [-0.2, 0) is 0 Å². The van der Waals surface area contributed by atoms with E-state index in [-0.39, 0.29) is 0 Å². The van der Waals surface area contributed by atoms with E-state index in [1.807, 2.05) is 27.7 Å². The Kier molecular flexibility index (Phi) is 11.5. The third-order valence-corrected chi connectivity index (χ3v) is 25.0. The predicted octanol–water partition coefficient (Wildman–Crippen LogP) is 14.0. The van der Waals surface area contributed by atoms with Crippen LogP contribution >= 0.6 is 45.3 Å². The molecule has 4 aromatic heterocycles. The summed E-state index contributed by atoms with van der Waals surface area (Å²) in [5.74, 6) is 8.59. The molecule has 0 saturated carbocycles. The van der Waals surface area contributed by atoms with E-state index >= 15 is 0 Å². The summed E-state index contributed by atoms with van der Waals surface area (Å²) in [5, 5.41) is 17.7. The molecule has 17 heteroatoms. The quantitative estimate of drug-likeness (QED) is 0.0424. The molecule has 0 N–H and O–H groups in total. The van der Waals surface area contributed by atoms with Crippen LogP contribution < -0.4 is 77.6 Å². The summed E-state index contributed by atoms with van der Waals surface area (Å²) < 4.78 is 93.5. The van der Waals surface area contributed by atoms with E-state index in [1.54, 1.807) is 45.3 Å². The van der Waals surface area contributed by atoms with E-state index in [0.717, 1.165) is 146 Å². The van der Waals surface area contributed by atoms with Crippen LogP contribution in [0.15, 0.2) is 0 Å². The lowest BCUT2D eigenvalue weighted by Gasteiger charge is -2.34. The maximum absolute atomic E-state index is 7.41. The molecule has 8 aromatic carbocycles. The molecule has 0 aliphatic carbocycles. The standard InChI is InChI=1S/C60H60O12S4Si/c1-13-61-37-38(62-14-2)50-26-25-29-33-34-30(26)54(74-50)42(66-18-6)46(70-22-10)58(34)77(57(33)45(69-21-9)41(65-17-5)53(29)73-49(25)37)59-35-31-27-28-32-36(35)60(77)48(72-24-12)44(68-20-8)56(32)76-52(28)40(64-16-4)39(63-15-3)51(27)75-55(31)43(67-19-7)47(59)71-23-11/h13-24H2,1-12H3. The minimum Gasteiger partial charge on any atom is -0.490 e. The fourth-order valence-corrected chi connectivity index (χ4v) is 25.0. The summed E-state index contributed by atoms with van der Waals surface area (Å²) in [7, 11) is -4.14. The lowest BCUT2D eigenvalue weighted by atomic mass is 9.93. The van der Waals surface area contributed by atoms with Gasteiger partial charge in [0.25, 0.3) is 0 Å². The fourth-order valence-electron chi connectivity index (χ4n) is 13.7. The third-order valence-electron chi connectivity index (χ3n) is 15.4. The second-order valence-electron chi connectivity index (χ2n) is 18.9. The Morgan fingerprint density at radius 1 is 0.195 bits per heavy atom. The van der Waals surface area contributed by atoms with Crippen LogP contribution in [0.3, 0.4) is 0 Å². The molecule has 2 aliphatic rings. The highest BCUT2D eigenvalue weighted by atomic mass is 32.1. The maximum atomic E-state index is 7.41. The van der Waals surface area contributed by atoms with Crippen molar-refractivity contribution in [1.29, 1.82) is 0 Å². The van der Waals surface area contributed by atoms with Gasteiger partial charge in [-0.2, -0.15) is 0 Å². The van der Waals surface area contributed by atoms with E-state index in [1.165, 1.54) is 0 Å². The number of thiophene rings is 4. The average Bonchev–Trinajstić information content (AvgIpc) is 2.77. The van der Waals surface area contributed by atoms with E-state index in [4.69, 9.17) is 56.8 Å². The molecule has 77 heavy (non-hydrogen) atoms. The third kappa shape index (κ3) is 5.72. The van der Waals surface area contributed by atoms with E-state index in [9.17, 15) is 0 Å². The van der Waals surface area contributed by atoms with Crippen molar-refractivity contribution in [1.82, 2.24) is 0 Å². The molecule has 12 aromatic rings. The molecule has 0 atom stereocenters. The molecule has 1 spiro atoms. The molecule has 2 aliphatic heterocycles. The molecule has 6 heterocycles. The van der Waals surface area contributed by atoms with Gasteiger partial charge in [0.2, 0.25) is 8.07 Å². The molecule has 12 nitrogen and oxygen atoms in total. The van der Waals surface area contributed by atoms with Gasteiger partial charge in [-0.15, -0.1) is 45.3 Å². The average molecular weight is 1130 g/mol. The van der Waals surface area contributed by atoms with Gasteiger partial charge >= 0.3 is 0 Å². The highest BCUT2D eigenvalue weighted by molar-refractivity contribution is 7.34. The van der Waals surface area contributed by atoms with Crippen molar-refractivity contribution >= 4 is 176 Å². The Bertz CT molecular complexity index is 3800. The second kappa shape index (κ2) is 18.0. The first kappa shape index (κ1) is 49.3. The van der Waals surface area contributed by atoms with Crippen LogP contribution in [0.25, 0.3) is 102 Å². The topological polar surface area (TPSA) is 111 Å². The molecular weight excluding hydrogens is 1070 g/mol. The van der Waals surface area contributed by atoms with Crippen LogP contribution in [0, 0.1) is 0 Å². The molecule has 0 radical (unpaired) electrons. The summed E-state index contributed by atoms with van der Waals surface area (Å²) in [5.41, 5.74) is 0. The van der Waals surface area contributed by atoms with Crippen molar-refractivity contribution in [3.05, 3.63) is 0 Å². The number of fused-ring (bicyclic) bond motifs is 4. The Hall–Kier alpha value is -5.98. The van der Waals surface area contributed by atoms with Gasteiger partial charge in [-0.05, 0) is 105 Å². The van der Waals surface area contributed by atoms with E-state index in [2.05, 4.69) is 55.4 Å². The minimum atomic E-state index is -4.14. The summed E-state index contributed by atoms with van der Waals surface area (Å²) in [6.45, 7) is 29.6. The second-order valence-corrected chi connectivity index (χ2v) is 26.5. The molecule has 14 rings (SSSR count). The van der Waals surface area contributed by atoms with Crippen molar-refractivity contribution < 1.29 is 56.8 Å². The van der Waals surface area contributed by atoms with Crippen LogP contribution in [-0.4, -0.2) is 87.4 Å². The molecular formula is C60H60O12S4Si. The Morgan fingerprint density at radius 2 is 0.325 bits per heavy atom.